The van der Waals surface area contributed by atoms with Gasteiger partial charge in [0.2, 0.25) is 0 Å². The summed E-state index contributed by atoms with van der Waals surface area (Å²) < 4.78 is 62.6. The molecule has 1 aromatic carbocycles. The number of aryl methyl sites for hydroxylation is 1. The first-order chi connectivity index (χ1) is 15.2. The normalized spacial score (nSPS) is 14.8. The summed E-state index contributed by atoms with van der Waals surface area (Å²) in [4.78, 5) is 7.83. The summed E-state index contributed by atoms with van der Waals surface area (Å²) in [5.41, 5.74) is -2.85. The van der Waals surface area contributed by atoms with E-state index >= 15 is 0 Å². The maximum Gasteiger partial charge on any atom is 0.295 e. The van der Waals surface area contributed by atoms with Crippen molar-refractivity contribution in [1.29, 1.82) is 0 Å². The van der Waals surface area contributed by atoms with Crippen molar-refractivity contribution in [2.75, 3.05) is 12.5 Å². The molecular weight excluding hydrogens is 521 g/mol. The van der Waals surface area contributed by atoms with Crippen LogP contribution < -0.4 is 0 Å². The van der Waals surface area contributed by atoms with Crippen LogP contribution in [-0.2, 0) is 53.6 Å². The zero-order valence-corrected chi connectivity index (χ0v) is 20.6. The number of nitrogens with zero attached hydrogens (tertiary/aromatic N) is 5. The van der Waals surface area contributed by atoms with Gasteiger partial charge in [-0.3, -0.25) is 0 Å². The molecule has 0 saturated carbocycles. The maximum atomic E-state index is 12.4. The molecule has 12 nitrogen and oxygen atoms in total. The van der Waals surface area contributed by atoms with Crippen molar-refractivity contribution in [3.05, 3.63) is 64.7 Å². The minimum atomic E-state index is -4.51. The average molecular weight is 540 g/mol. The van der Waals surface area contributed by atoms with E-state index in [4.69, 9.17) is 31.6 Å². The molecule has 0 aliphatic rings. The van der Waals surface area contributed by atoms with Crippen LogP contribution in [0.2, 0.25) is 10.0 Å². The van der Waals surface area contributed by atoms with E-state index in [1.807, 2.05) is 0 Å². The first-order valence-electron chi connectivity index (χ1n) is 8.96. The molecule has 3 aromatic rings. The lowest BCUT2D eigenvalue weighted by molar-refractivity contribution is -0.264. The van der Waals surface area contributed by atoms with E-state index in [2.05, 4.69) is 15.1 Å². The second kappa shape index (κ2) is 8.94. The summed E-state index contributed by atoms with van der Waals surface area (Å²) >= 11 is 12.4. The molecule has 33 heavy (non-hydrogen) atoms. The van der Waals surface area contributed by atoms with E-state index in [1.54, 1.807) is 0 Å². The van der Waals surface area contributed by atoms with Gasteiger partial charge in [-0.1, -0.05) is 29.3 Å². The van der Waals surface area contributed by atoms with Gasteiger partial charge in [-0.15, -0.1) is 0 Å². The van der Waals surface area contributed by atoms with E-state index in [0.29, 0.717) is 12.5 Å². The van der Waals surface area contributed by atoms with Crippen molar-refractivity contribution in [1.82, 2.24) is 24.3 Å². The van der Waals surface area contributed by atoms with Crippen LogP contribution in [0.15, 0.2) is 43.2 Å². The standard InChI is InChI=1S/C17H19Cl2N5O7S2/c1-23-7-6-21-15(23)17(30-32(2,26)27,31-33(3,28)29)16(25,9-24-11-20-10-22-24)13-5-4-12(18)8-14(13)19/h4-8,10-11,25H,9H2,1-3H3. The van der Waals surface area contributed by atoms with Gasteiger partial charge in [-0.05, 0) is 12.1 Å². The second-order valence-electron chi connectivity index (χ2n) is 7.13. The molecular formula is C17H19Cl2N5O7S2. The summed E-state index contributed by atoms with van der Waals surface area (Å²) in [6.45, 7) is -0.619. The third-order valence-corrected chi connectivity index (χ3v) is 6.05. The molecule has 1 N–H and O–H groups in total. The van der Waals surface area contributed by atoms with Gasteiger partial charge >= 0.3 is 0 Å². The number of hydrogen-bond donors (Lipinski definition) is 1. The van der Waals surface area contributed by atoms with Crippen molar-refractivity contribution in [2.45, 2.75) is 17.9 Å². The Kier molecular flexibility index (Phi) is 6.92. The molecule has 1 atom stereocenters. The lowest BCUT2D eigenvalue weighted by Crippen LogP contribution is -2.58. The third-order valence-electron chi connectivity index (χ3n) is 4.43. The fourth-order valence-corrected chi connectivity index (χ4v) is 5.21. The van der Waals surface area contributed by atoms with Gasteiger partial charge in [-0.2, -0.15) is 21.9 Å². The van der Waals surface area contributed by atoms with Gasteiger partial charge in [0.25, 0.3) is 26.0 Å². The van der Waals surface area contributed by atoms with E-state index < -0.39 is 44.0 Å². The van der Waals surface area contributed by atoms with Crippen molar-refractivity contribution in [2.24, 2.45) is 7.05 Å². The topological polar surface area (TPSA) is 156 Å². The molecule has 1 unspecified atom stereocenters. The second-order valence-corrected chi connectivity index (χ2v) is 11.1. The molecule has 180 valence electrons. The predicted molar refractivity (Wildman–Crippen MR) is 117 cm³/mol. The smallest absolute Gasteiger partial charge is 0.295 e. The highest BCUT2D eigenvalue weighted by molar-refractivity contribution is 7.86. The van der Waals surface area contributed by atoms with Crippen LogP contribution in [0.5, 0.6) is 0 Å². The molecule has 0 fully saturated rings. The minimum Gasteiger partial charge on any atom is -0.377 e. The van der Waals surface area contributed by atoms with E-state index in [-0.39, 0.29) is 15.6 Å². The maximum absolute atomic E-state index is 12.4. The number of aromatic nitrogens is 5. The van der Waals surface area contributed by atoms with Crippen LogP contribution in [-0.4, -0.2) is 58.8 Å². The summed E-state index contributed by atoms with van der Waals surface area (Å²) in [5.74, 6) is -3.39. The zero-order chi connectivity index (χ0) is 24.7. The molecule has 0 amide bonds. The van der Waals surface area contributed by atoms with Gasteiger partial charge in [0.15, 0.2) is 11.4 Å². The number of imidazole rings is 1. The van der Waals surface area contributed by atoms with Crippen molar-refractivity contribution >= 4 is 43.4 Å². The number of halogens is 2. The predicted octanol–water partition coefficient (Wildman–Crippen LogP) is 1.01. The fourth-order valence-electron chi connectivity index (χ4n) is 3.26. The minimum absolute atomic E-state index is 0.141. The molecule has 0 aliphatic carbocycles. The molecule has 0 bridgehead atoms. The highest BCUT2D eigenvalue weighted by Crippen LogP contribution is 2.49. The molecule has 2 aromatic heterocycles. The Balaban J connectivity index is 2.48. The summed E-state index contributed by atoms with van der Waals surface area (Å²) in [6, 6.07) is 3.91. The molecule has 0 saturated heterocycles. The summed E-state index contributed by atoms with van der Waals surface area (Å²) in [6.07, 6.45) is 6.30. The Bertz CT molecular complexity index is 1330. The number of hydrogen-bond acceptors (Lipinski definition) is 10. The van der Waals surface area contributed by atoms with Gasteiger partial charge in [-0.25, -0.2) is 23.0 Å². The fraction of sp³-hybridized carbons (Fsp3) is 0.353. The number of rotatable bonds is 9. The van der Waals surface area contributed by atoms with Crippen LogP contribution in [0.1, 0.15) is 11.4 Å². The molecule has 2 heterocycles. The van der Waals surface area contributed by atoms with Crippen LogP contribution in [0.4, 0.5) is 0 Å². The SMILES string of the molecule is Cn1ccnc1C(OS(C)(=O)=O)(OS(C)(=O)=O)C(O)(Cn1cncn1)c1ccc(Cl)cc1Cl. The van der Waals surface area contributed by atoms with Crippen molar-refractivity contribution in [3.8, 4) is 0 Å². The lowest BCUT2D eigenvalue weighted by atomic mass is 9.84. The summed E-state index contributed by atoms with van der Waals surface area (Å²) in [5, 5.41) is 16.2. The van der Waals surface area contributed by atoms with Gasteiger partial charge in [0.1, 0.15) is 12.7 Å². The van der Waals surface area contributed by atoms with E-state index in [1.165, 1.54) is 48.5 Å². The monoisotopic (exact) mass is 539 g/mol. The number of benzene rings is 1. The quantitative estimate of drug-likeness (QED) is 0.307. The molecule has 0 radical (unpaired) electrons. The molecule has 0 aliphatic heterocycles. The van der Waals surface area contributed by atoms with Crippen LogP contribution in [0.25, 0.3) is 0 Å². The largest absolute Gasteiger partial charge is 0.377 e. The Morgan fingerprint density at radius 3 is 2.21 bits per heavy atom. The van der Waals surface area contributed by atoms with Crippen molar-refractivity contribution in [3.63, 3.8) is 0 Å². The summed E-state index contributed by atoms with van der Waals surface area (Å²) in [7, 11) is -7.59. The molecule has 0 spiro atoms. The van der Waals surface area contributed by atoms with Gasteiger partial charge < -0.3 is 9.67 Å². The van der Waals surface area contributed by atoms with E-state index in [9.17, 15) is 21.9 Å². The van der Waals surface area contributed by atoms with Crippen LogP contribution in [0.3, 0.4) is 0 Å². The highest BCUT2D eigenvalue weighted by atomic mass is 35.5. The zero-order valence-electron chi connectivity index (χ0n) is 17.5. The van der Waals surface area contributed by atoms with Crippen LogP contribution >= 0.6 is 23.2 Å². The third kappa shape index (κ3) is 5.37. The first-order valence-corrected chi connectivity index (χ1v) is 13.4. The Labute approximate surface area is 199 Å². The first kappa shape index (κ1) is 25.6. The van der Waals surface area contributed by atoms with Crippen molar-refractivity contribution < 1.29 is 30.3 Å². The Hall–Kier alpha value is -2.07. The molecule has 16 heteroatoms. The number of aliphatic hydroxyl groups is 1. The highest BCUT2D eigenvalue weighted by Gasteiger charge is 2.63. The van der Waals surface area contributed by atoms with Gasteiger partial charge in [0.05, 0.1) is 19.1 Å². The van der Waals surface area contributed by atoms with Crippen LogP contribution in [0, 0.1) is 0 Å². The average Bonchev–Trinajstić information content (AvgIpc) is 3.30. The van der Waals surface area contributed by atoms with E-state index in [0.717, 1.165) is 11.0 Å². The molecule has 3 rings (SSSR count). The lowest BCUT2D eigenvalue weighted by Gasteiger charge is -2.43. The van der Waals surface area contributed by atoms with Gasteiger partial charge in [0, 0.05) is 35.1 Å². The Morgan fingerprint density at radius 1 is 1.12 bits per heavy atom. The Morgan fingerprint density at radius 2 is 1.76 bits per heavy atom.